The largest absolute Gasteiger partial charge is 0.508 e. The van der Waals surface area contributed by atoms with Crippen molar-refractivity contribution in [3.63, 3.8) is 0 Å². The van der Waals surface area contributed by atoms with Crippen LogP contribution in [0.5, 0.6) is 5.75 Å². The van der Waals surface area contributed by atoms with Gasteiger partial charge in [-0.15, -0.1) is 0 Å². The Hall–Kier alpha value is -5.25. The number of aliphatic carboxylic acids is 1. The van der Waals surface area contributed by atoms with Crippen LogP contribution >= 0.6 is 0 Å². The van der Waals surface area contributed by atoms with E-state index in [1.165, 1.54) is 49.3 Å². The van der Waals surface area contributed by atoms with Crippen molar-refractivity contribution in [1.29, 1.82) is 0 Å². The van der Waals surface area contributed by atoms with Crippen molar-refractivity contribution in [1.82, 2.24) is 35.9 Å². The normalized spacial score (nSPS) is 13.8. The minimum atomic E-state index is -1.48. The van der Waals surface area contributed by atoms with E-state index in [1.807, 2.05) is 0 Å². The maximum absolute atomic E-state index is 13.3. The number of hydrogen-bond donors (Lipinski definition) is 9. The quantitative estimate of drug-likeness (QED) is 0.0936. The van der Waals surface area contributed by atoms with Crippen LogP contribution in [-0.4, -0.2) is 83.9 Å². The number of carboxylic acid groups (broad SMARTS) is 1. The summed E-state index contributed by atoms with van der Waals surface area (Å²) in [4.78, 5) is 76.0. The summed E-state index contributed by atoms with van der Waals surface area (Å²) in [6, 6.07) is 0.474. The number of benzene rings is 1. The molecule has 2 aromatic heterocycles. The molecule has 3 aromatic rings. The molecule has 0 spiro atoms. The number of carbonyl (C=O) groups excluding carboxylic acids is 4. The van der Waals surface area contributed by atoms with Gasteiger partial charge in [-0.1, -0.05) is 12.1 Å². The lowest BCUT2D eigenvalue weighted by Crippen LogP contribution is -2.58. The van der Waals surface area contributed by atoms with Gasteiger partial charge in [0.15, 0.2) is 0 Å². The molecule has 4 unspecified atom stereocenters. The Bertz CT molecular complexity index is 1330. The summed E-state index contributed by atoms with van der Waals surface area (Å²) in [5.74, 6) is -4.79. The van der Waals surface area contributed by atoms with Gasteiger partial charge in [0, 0.05) is 43.0 Å². The van der Waals surface area contributed by atoms with E-state index >= 15 is 0 Å². The molecule has 3 rings (SSSR count). The summed E-state index contributed by atoms with van der Waals surface area (Å²) in [6.45, 7) is 0. The maximum Gasteiger partial charge on any atom is 0.326 e. The second-order valence-corrected chi connectivity index (χ2v) is 9.23. The van der Waals surface area contributed by atoms with Crippen molar-refractivity contribution in [3.8, 4) is 5.75 Å². The number of carbonyl (C=O) groups is 5. The molecule has 11 N–H and O–H groups in total. The number of rotatable bonds is 15. The highest BCUT2D eigenvalue weighted by Crippen LogP contribution is 2.12. The van der Waals surface area contributed by atoms with Gasteiger partial charge >= 0.3 is 5.97 Å². The molecule has 0 saturated carbocycles. The van der Waals surface area contributed by atoms with E-state index < -0.39 is 60.2 Å². The van der Waals surface area contributed by atoms with Gasteiger partial charge in [0.25, 0.3) is 0 Å². The zero-order valence-corrected chi connectivity index (χ0v) is 21.7. The highest BCUT2D eigenvalue weighted by Gasteiger charge is 2.31. The highest BCUT2D eigenvalue weighted by molar-refractivity contribution is 5.96. The predicted octanol–water partition coefficient (Wildman–Crippen LogP) is -2.39. The summed E-state index contributed by atoms with van der Waals surface area (Å²) in [5.41, 5.74) is 12.8. The Kier molecular flexibility index (Phi) is 10.5. The van der Waals surface area contributed by atoms with Crippen LogP contribution in [0.3, 0.4) is 0 Å². The number of phenols is 1. The molecule has 0 bridgehead atoms. The second-order valence-electron chi connectivity index (χ2n) is 9.23. The van der Waals surface area contributed by atoms with Crippen molar-refractivity contribution in [2.24, 2.45) is 11.5 Å². The first-order valence-electron chi connectivity index (χ1n) is 12.4. The number of nitrogens with zero attached hydrogens (tertiary/aromatic N) is 2. The van der Waals surface area contributed by atoms with Gasteiger partial charge in [0.1, 0.15) is 23.9 Å². The molecule has 0 aliphatic carbocycles. The summed E-state index contributed by atoms with van der Waals surface area (Å²) in [5, 5.41) is 26.5. The van der Waals surface area contributed by atoms with Crippen LogP contribution in [0.1, 0.15) is 23.4 Å². The van der Waals surface area contributed by atoms with Crippen molar-refractivity contribution >= 4 is 29.6 Å². The second kappa shape index (κ2) is 14.2. The summed E-state index contributed by atoms with van der Waals surface area (Å²) < 4.78 is 0. The number of aromatic hydroxyl groups is 1. The standard InChI is InChI=1S/C25H31N9O7/c26-17(6-14-9-28-11-30-14)22(37)32-19(8-21(27)36)24(39)33-18(5-13-1-3-16(35)4-2-13)23(38)34-20(25(40)41)7-15-10-29-12-31-15/h1-4,9-12,17-20,35H,5-8,26H2,(H2,27,36)(H,28,30)(H,29,31)(H,32,37)(H,33,39)(H,34,38)(H,40,41). The van der Waals surface area contributed by atoms with Gasteiger partial charge in [-0.25, -0.2) is 14.8 Å². The number of carboxylic acids is 1. The molecular weight excluding hydrogens is 538 g/mol. The third kappa shape index (κ3) is 9.47. The van der Waals surface area contributed by atoms with E-state index in [4.69, 9.17) is 11.5 Å². The van der Waals surface area contributed by atoms with Gasteiger partial charge < -0.3 is 47.6 Å². The Morgan fingerprint density at radius 2 is 1.32 bits per heavy atom. The summed E-state index contributed by atoms with van der Waals surface area (Å²) in [6.07, 6.45) is 4.88. The molecule has 218 valence electrons. The number of nitrogens with two attached hydrogens (primary N) is 2. The molecule has 4 amide bonds. The smallest absolute Gasteiger partial charge is 0.326 e. The third-order valence-corrected chi connectivity index (χ3v) is 5.97. The molecule has 0 radical (unpaired) electrons. The molecule has 0 aliphatic heterocycles. The van der Waals surface area contributed by atoms with E-state index in [9.17, 15) is 34.2 Å². The molecule has 1 aromatic carbocycles. The zero-order chi connectivity index (χ0) is 29.9. The number of primary amides is 1. The molecule has 41 heavy (non-hydrogen) atoms. The number of H-pyrrole nitrogens is 2. The highest BCUT2D eigenvalue weighted by atomic mass is 16.4. The predicted molar refractivity (Wildman–Crippen MR) is 142 cm³/mol. The fraction of sp³-hybridized carbons (Fsp3) is 0.320. The van der Waals surface area contributed by atoms with Crippen molar-refractivity contribution in [2.75, 3.05) is 0 Å². The number of imidazole rings is 2. The Morgan fingerprint density at radius 1 is 0.780 bits per heavy atom. The van der Waals surface area contributed by atoms with Crippen LogP contribution in [-0.2, 0) is 43.2 Å². The average molecular weight is 570 g/mol. The van der Waals surface area contributed by atoms with Crippen molar-refractivity contribution in [3.05, 3.63) is 66.3 Å². The fourth-order valence-electron chi connectivity index (χ4n) is 3.85. The van der Waals surface area contributed by atoms with E-state index in [0.29, 0.717) is 17.0 Å². The van der Waals surface area contributed by atoms with Crippen LogP contribution in [0.15, 0.2) is 49.3 Å². The molecule has 4 atom stereocenters. The molecule has 0 fully saturated rings. The number of amides is 4. The number of aromatic nitrogens is 4. The van der Waals surface area contributed by atoms with Gasteiger partial charge in [-0.2, -0.15) is 0 Å². The molecule has 16 heteroatoms. The summed E-state index contributed by atoms with van der Waals surface area (Å²) in [7, 11) is 0. The number of nitrogens with one attached hydrogen (secondary N) is 5. The molecule has 0 aliphatic rings. The lowest BCUT2D eigenvalue weighted by atomic mass is 10.0. The van der Waals surface area contributed by atoms with Crippen LogP contribution in [0.25, 0.3) is 0 Å². The lowest BCUT2D eigenvalue weighted by Gasteiger charge is -2.25. The molecule has 16 nitrogen and oxygen atoms in total. The van der Waals surface area contributed by atoms with Crippen LogP contribution in [0.2, 0.25) is 0 Å². The van der Waals surface area contributed by atoms with Crippen LogP contribution < -0.4 is 27.4 Å². The SMILES string of the molecule is NC(=O)CC(NC(=O)C(N)Cc1cnc[nH]1)C(=O)NC(Cc1ccc(O)cc1)C(=O)NC(Cc1cnc[nH]1)C(=O)O. The Labute approximate surface area is 233 Å². The topological polar surface area (TPSA) is 271 Å². The number of hydrogen-bond acceptors (Lipinski definition) is 9. The minimum Gasteiger partial charge on any atom is -0.508 e. The number of phenolic OH excluding ortho intramolecular Hbond substituents is 1. The van der Waals surface area contributed by atoms with Gasteiger partial charge in [0.2, 0.25) is 23.6 Å². The van der Waals surface area contributed by atoms with Gasteiger partial charge in [-0.05, 0) is 17.7 Å². The van der Waals surface area contributed by atoms with Crippen molar-refractivity contribution in [2.45, 2.75) is 49.9 Å². The molecule has 2 heterocycles. The summed E-state index contributed by atoms with van der Waals surface area (Å²) >= 11 is 0. The lowest BCUT2D eigenvalue weighted by molar-refractivity contribution is -0.142. The Morgan fingerprint density at radius 3 is 1.85 bits per heavy atom. The first-order valence-corrected chi connectivity index (χ1v) is 12.4. The first-order chi connectivity index (χ1) is 19.5. The van der Waals surface area contributed by atoms with Crippen molar-refractivity contribution < 1.29 is 34.2 Å². The van der Waals surface area contributed by atoms with E-state index in [1.54, 1.807) is 0 Å². The monoisotopic (exact) mass is 569 g/mol. The minimum absolute atomic E-state index is 0.0278. The first kappa shape index (κ1) is 30.3. The van der Waals surface area contributed by atoms with Gasteiger partial charge in [-0.3, -0.25) is 19.2 Å². The van der Waals surface area contributed by atoms with E-state index in [-0.39, 0.29) is 25.0 Å². The maximum atomic E-state index is 13.3. The third-order valence-electron chi connectivity index (χ3n) is 5.97. The molecule has 0 saturated heterocycles. The van der Waals surface area contributed by atoms with Crippen LogP contribution in [0, 0.1) is 0 Å². The van der Waals surface area contributed by atoms with Gasteiger partial charge in [0.05, 0.1) is 25.1 Å². The zero-order valence-electron chi connectivity index (χ0n) is 21.7. The van der Waals surface area contributed by atoms with E-state index in [2.05, 4.69) is 35.9 Å². The van der Waals surface area contributed by atoms with E-state index in [0.717, 1.165) is 0 Å². The number of aromatic amines is 2. The molecular formula is C25H31N9O7. The fourth-order valence-corrected chi connectivity index (χ4v) is 3.85. The van der Waals surface area contributed by atoms with Crippen LogP contribution in [0.4, 0.5) is 0 Å². The average Bonchev–Trinajstić information content (AvgIpc) is 3.63. The Balaban J connectivity index is 1.77.